The van der Waals surface area contributed by atoms with Crippen molar-refractivity contribution in [2.45, 2.75) is 13.0 Å². The van der Waals surface area contributed by atoms with Crippen molar-refractivity contribution < 1.29 is 19.0 Å². The van der Waals surface area contributed by atoms with Crippen LogP contribution in [0.1, 0.15) is 17.3 Å². The number of methoxy groups -OCH3 is 3. The van der Waals surface area contributed by atoms with Crippen LogP contribution in [0.25, 0.3) is 0 Å². The van der Waals surface area contributed by atoms with E-state index in [-0.39, 0.29) is 24.4 Å². The van der Waals surface area contributed by atoms with Gasteiger partial charge in [0.2, 0.25) is 5.75 Å². The summed E-state index contributed by atoms with van der Waals surface area (Å²) in [5, 5.41) is 3.32. The van der Waals surface area contributed by atoms with Crippen LogP contribution >= 0.6 is 12.4 Å². The largest absolute Gasteiger partial charge is 0.493 e. The Morgan fingerprint density at radius 1 is 1.18 bits per heavy atom. The first-order valence-corrected chi connectivity index (χ1v) is 6.94. The summed E-state index contributed by atoms with van der Waals surface area (Å²) in [7, 11) is 4.60. The molecule has 1 amide bonds. The van der Waals surface area contributed by atoms with E-state index in [2.05, 4.69) is 12.2 Å². The molecule has 1 saturated heterocycles. The number of nitrogens with one attached hydrogen (secondary N) is 1. The highest BCUT2D eigenvalue weighted by atomic mass is 35.5. The van der Waals surface area contributed by atoms with Crippen molar-refractivity contribution in [3.8, 4) is 17.2 Å². The van der Waals surface area contributed by atoms with E-state index in [1.165, 1.54) is 14.2 Å². The number of carbonyl (C=O) groups is 1. The van der Waals surface area contributed by atoms with Crippen LogP contribution < -0.4 is 19.5 Å². The molecular formula is C15H23ClN2O4. The van der Waals surface area contributed by atoms with Crippen LogP contribution in [0.5, 0.6) is 17.2 Å². The van der Waals surface area contributed by atoms with Crippen LogP contribution in [0.4, 0.5) is 0 Å². The number of ether oxygens (including phenoxy) is 3. The first-order valence-electron chi connectivity index (χ1n) is 6.94. The second-order valence-corrected chi connectivity index (χ2v) is 4.99. The van der Waals surface area contributed by atoms with Gasteiger partial charge >= 0.3 is 0 Å². The fraction of sp³-hybridized carbons (Fsp3) is 0.533. The molecule has 1 atom stereocenters. The minimum Gasteiger partial charge on any atom is -0.493 e. The van der Waals surface area contributed by atoms with Crippen LogP contribution in [0, 0.1) is 0 Å². The standard InChI is InChI=1S/C15H22N2O4.ClH/c1-10-9-17(8-7-16-10)15(18)11-5-6-12(19-2)14(21-4)13(11)20-3;/h5-6,10,16H,7-9H2,1-4H3;1H/t10-;/m0./s1. The van der Waals surface area contributed by atoms with Gasteiger partial charge in [-0.15, -0.1) is 12.4 Å². The molecule has 0 aromatic heterocycles. The maximum Gasteiger partial charge on any atom is 0.257 e. The Morgan fingerprint density at radius 3 is 2.41 bits per heavy atom. The number of hydrogen-bond acceptors (Lipinski definition) is 5. The van der Waals surface area contributed by atoms with Crippen molar-refractivity contribution in [1.82, 2.24) is 10.2 Å². The summed E-state index contributed by atoms with van der Waals surface area (Å²) in [6.07, 6.45) is 0. The molecule has 1 aromatic carbocycles. The molecule has 124 valence electrons. The maximum absolute atomic E-state index is 12.7. The van der Waals surface area contributed by atoms with Gasteiger partial charge in [0.15, 0.2) is 11.5 Å². The number of nitrogens with zero attached hydrogens (tertiary/aromatic N) is 1. The van der Waals surface area contributed by atoms with E-state index < -0.39 is 0 Å². The predicted octanol–water partition coefficient (Wildman–Crippen LogP) is 1.57. The van der Waals surface area contributed by atoms with E-state index in [0.29, 0.717) is 35.9 Å². The quantitative estimate of drug-likeness (QED) is 0.908. The Morgan fingerprint density at radius 2 is 1.86 bits per heavy atom. The SMILES string of the molecule is COc1ccc(C(=O)N2CCN[C@@H](C)C2)c(OC)c1OC.Cl. The Balaban J connectivity index is 0.00000242. The van der Waals surface area contributed by atoms with E-state index >= 15 is 0 Å². The fourth-order valence-corrected chi connectivity index (χ4v) is 2.56. The molecular weight excluding hydrogens is 308 g/mol. The summed E-state index contributed by atoms with van der Waals surface area (Å²) >= 11 is 0. The molecule has 6 nitrogen and oxygen atoms in total. The molecule has 0 bridgehead atoms. The van der Waals surface area contributed by atoms with E-state index in [4.69, 9.17) is 14.2 Å². The second-order valence-electron chi connectivity index (χ2n) is 4.99. The fourth-order valence-electron chi connectivity index (χ4n) is 2.56. The van der Waals surface area contributed by atoms with Crippen LogP contribution in [-0.2, 0) is 0 Å². The molecule has 2 rings (SSSR count). The zero-order valence-electron chi connectivity index (χ0n) is 13.3. The van der Waals surface area contributed by atoms with E-state index in [1.807, 2.05) is 4.90 Å². The van der Waals surface area contributed by atoms with Crippen LogP contribution in [0.2, 0.25) is 0 Å². The minimum atomic E-state index is -0.0545. The van der Waals surface area contributed by atoms with Crippen molar-refractivity contribution in [3.63, 3.8) is 0 Å². The molecule has 22 heavy (non-hydrogen) atoms. The van der Waals surface area contributed by atoms with Crippen molar-refractivity contribution in [2.24, 2.45) is 0 Å². The number of rotatable bonds is 4. The Hall–Kier alpha value is -1.66. The lowest BCUT2D eigenvalue weighted by molar-refractivity contribution is 0.0705. The predicted molar refractivity (Wildman–Crippen MR) is 86.7 cm³/mol. The van der Waals surface area contributed by atoms with Gasteiger partial charge in [0.25, 0.3) is 5.91 Å². The number of piperazine rings is 1. The van der Waals surface area contributed by atoms with Crippen molar-refractivity contribution in [1.29, 1.82) is 0 Å². The third kappa shape index (κ3) is 3.56. The number of hydrogen-bond donors (Lipinski definition) is 1. The van der Waals surface area contributed by atoms with Gasteiger partial charge in [-0.1, -0.05) is 0 Å². The van der Waals surface area contributed by atoms with Gasteiger partial charge in [0.1, 0.15) is 0 Å². The van der Waals surface area contributed by atoms with Crippen molar-refractivity contribution in [3.05, 3.63) is 17.7 Å². The van der Waals surface area contributed by atoms with Gasteiger partial charge < -0.3 is 24.4 Å². The lowest BCUT2D eigenvalue weighted by Gasteiger charge is -2.32. The summed E-state index contributed by atoms with van der Waals surface area (Å²) in [5.74, 6) is 1.34. The van der Waals surface area contributed by atoms with E-state index in [0.717, 1.165) is 6.54 Å². The molecule has 0 aliphatic carbocycles. The van der Waals surface area contributed by atoms with Crippen LogP contribution in [0.3, 0.4) is 0 Å². The topological polar surface area (TPSA) is 60.0 Å². The zero-order chi connectivity index (χ0) is 15.4. The van der Waals surface area contributed by atoms with E-state index in [1.54, 1.807) is 19.2 Å². The molecule has 0 saturated carbocycles. The molecule has 0 spiro atoms. The third-order valence-corrected chi connectivity index (χ3v) is 3.59. The van der Waals surface area contributed by atoms with Crippen LogP contribution in [-0.4, -0.2) is 57.8 Å². The molecule has 0 radical (unpaired) electrons. The number of carbonyl (C=O) groups excluding carboxylic acids is 1. The first-order chi connectivity index (χ1) is 10.1. The summed E-state index contributed by atoms with van der Waals surface area (Å²) in [5.41, 5.74) is 0.490. The second kappa shape index (κ2) is 8.10. The molecule has 1 heterocycles. The smallest absolute Gasteiger partial charge is 0.257 e. The molecule has 7 heteroatoms. The first kappa shape index (κ1) is 18.4. The van der Waals surface area contributed by atoms with Crippen molar-refractivity contribution in [2.75, 3.05) is 41.0 Å². The number of halogens is 1. The lowest BCUT2D eigenvalue weighted by atomic mass is 10.1. The van der Waals surface area contributed by atoms with Gasteiger partial charge in [-0.05, 0) is 19.1 Å². The average molecular weight is 331 g/mol. The monoisotopic (exact) mass is 330 g/mol. The Kier molecular flexibility index (Phi) is 6.77. The van der Waals surface area contributed by atoms with Gasteiger partial charge in [-0.25, -0.2) is 0 Å². The molecule has 0 unspecified atom stereocenters. The summed E-state index contributed by atoms with van der Waals surface area (Å²) in [6.45, 7) is 4.21. The summed E-state index contributed by atoms with van der Waals surface area (Å²) < 4.78 is 15.9. The highest BCUT2D eigenvalue weighted by Crippen LogP contribution is 2.40. The number of amides is 1. The summed E-state index contributed by atoms with van der Waals surface area (Å²) in [4.78, 5) is 14.5. The Labute approximate surface area is 137 Å². The van der Waals surface area contributed by atoms with E-state index in [9.17, 15) is 4.79 Å². The zero-order valence-corrected chi connectivity index (χ0v) is 14.2. The molecule has 1 aliphatic heterocycles. The highest BCUT2D eigenvalue weighted by Gasteiger charge is 2.27. The molecule has 1 aliphatic rings. The van der Waals surface area contributed by atoms with Crippen molar-refractivity contribution >= 4 is 18.3 Å². The molecule has 1 aromatic rings. The third-order valence-electron chi connectivity index (χ3n) is 3.59. The molecule has 1 fully saturated rings. The van der Waals surface area contributed by atoms with Gasteiger partial charge in [0, 0.05) is 25.7 Å². The average Bonchev–Trinajstić information content (AvgIpc) is 2.52. The normalized spacial score (nSPS) is 17.5. The van der Waals surface area contributed by atoms with Gasteiger partial charge in [-0.3, -0.25) is 4.79 Å². The van der Waals surface area contributed by atoms with Gasteiger partial charge in [0.05, 0.1) is 26.9 Å². The summed E-state index contributed by atoms with van der Waals surface area (Å²) in [6, 6.07) is 3.73. The van der Waals surface area contributed by atoms with Crippen LogP contribution in [0.15, 0.2) is 12.1 Å². The number of benzene rings is 1. The lowest BCUT2D eigenvalue weighted by Crippen LogP contribution is -2.51. The Bertz CT molecular complexity index is 525. The molecule has 1 N–H and O–H groups in total. The van der Waals surface area contributed by atoms with Gasteiger partial charge in [-0.2, -0.15) is 0 Å². The minimum absolute atomic E-state index is 0. The highest BCUT2D eigenvalue weighted by molar-refractivity contribution is 5.98. The maximum atomic E-state index is 12.7.